The molecule has 39 heavy (non-hydrogen) atoms. The summed E-state index contributed by atoms with van der Waals surface area (Å²) in [7, 11) is 0. The fourth-order valence-electron chi connectivity index (χ4n) is 4.67. The van der Waals surface area contributed by atoms with Gasteiger partial charge in [-0.25, -0.2) is 0 Å². The summed E-state index contributed by atoms with van der Waals surface area (Å²) in [6.07, 6.45) is 24.9. The quantitative estimate of drug-likeness (QED) is 0.0604. The first kappa shape index (κ1) is 37.1. The number of nitrogens with one attached hydrogen (secondary N) is 1. The molecular weight excluding hydrogens is 490 g/mol. The third-order valence-corrected chi connectivity index (χ3v) is 7.04. The van der Waals surface area contributed by atoms with E-state index in [1.807, 2.05) is 0 Å². The number of carboxylic acids is 1. The van der Waals surface area contributed by atoms with Crippen LogP contribution in [0.3, 0.4) is 0 Å². The van der Waals surface area contributed by atoms with Gasteiger partial charge in [-0.15, -0.1) is 0 Å². The van der Waals surface area contributed by atoms with Gasteiger partial charge >= 0.3 is 11.9 Å². The van der Waals surface area contributed by atoms with Crippen molar-refractivity contribution in [3.05, 3.63) is 12.2 Å². The van der Waals surface area contributed by atoms with Gasteiger partial charge in [-0.3, -0.25) is 14.4 Å². The SMILES string of the molecule is CC(C)CCCCCCC/C=C\CCC(=O)OC(CCCCCCCCCCC(C)C)CC(=O)NCC(=O)O. The van der Waals surface area contributed by atoms with E-state index in [2.05, 4.69) is 45.2 Å². The van der Waals surface area contributed by atoms with Crippen molar-refractivity contribution in [3.63, 3.8) is 0 Å². The van der Waals surface area contributed by atoms with Gasteiger partial charge in [0.15, 0.2) is 0 Å². The molecule has 0 aromatic rings. The van der Waals surface area contributed by atoms with E-state index in [0.29, 0.717) is 19.3 Å². The predicted molar refractivity (Wildman–Crippen MR) is 162 cm³/mol. The van der Waals surface area contributed by atoms with E-state index in [-0.39, 0.29) is 18.3 Å². The molecule has 0 saturated heterocycles. The van der Waals surface area contributed by atoms with Gasteiger partial charge in [0.05, 0.1) is 6.42 Å². The number of ether oxygens (including phenoxy) is 1. The van der Waals surface area contributed by atoms with Crippen molar-refractivity contribution in [2.75, 3.05) is 6.54 Å². The molecule has 1 unspecified atom stereocenters. The van der Waals surface area contributed by atoms with Crippen molar-refractivity contribution in [1.29, 1.82) is 0 Å². The highest BCUT2D eigenvalue weighted by Gasteiger charge is 2.18. The topological polar surface area (TPSA) is 92.7 Å². The largest absolute Gasteiger partial charge is 0.480 e. The molecule has 0 aliphatic carbocycles. The highest BCUT2D eigenvalue weighted by molar-refractivity contribution is 5.81. The molecule has 0 aliphatic rings. The number of aliphatic carboxylic acids is 1. The van der Waals surface area contributed by atoms with Gasteiger partial charge in [0, 0.05) is 6.42 Å². The second-order valence-electron chi connectivity index (χ2n) is 12.0. The van der Waals surface area contributed by atoms with E-state index < -0.39 is 18.6 Å². The normalized spacial score (nSPS) is 12.4. The first-order chi connectivity index (χ1) is 18.7. The summed E-state index contributed by atoms with van der Waals surface area (Å²) >= 11 is 0. The second kappa shape index (κ2) is 26.4. The van der Waals surface area contributed by atoms with Crippen LogP contribution in [0.2, 0.25) is 0 Å². The van der Waals surface area contributed by atoms with Crippen molar-refractivity contribution >= 4 is 17.8 Å². The Kier molecular flexibility index (Phi) is 25.1. The number of esters is 1. The Labute approximate surface area is 240 Å². The molecule has 0 saturated carbocycles. The molecule has 6 heteroatoms. The number of hydrogen-bond donors (Lipinski definition) is 2. The van der Waals surface area contributed by atoms with Gasteiger partial charge in [-0.2, -0.15) is 0 Å². The molecule has 0 bridgehead atoms. The third-order valence-electron chi connectivity index (χ3n) is 7.04. The lowest BCUT2D eigenvalue weighted by Gasteiger charge is -2.17. The third kappa shape index (κ3) is 29.0. The smallest absolute Gasteiger partial charge is 0.322 e. The monoisotopic (exact) mass is 551 g/mol. The molecule has 0 aromatic carbocycles. The van der Waals surface area contributed by atoms with Crippen molar-refractivity contribution in [3.8, 4) is 0 Å². The van der Waals surface area contributed by atoms with Crippen LogP contribution in [0.25, 0.3) is 0 Å². The Balaban J connectivity index is 4.16. The van der Waals surface area contributed by atoms with E-state index in [0.717, 1.165) is 37.5 Å². The molecule has 0 heterocycles. The number of hydrogen-bond acceptors (Lipinski definition) is 4. The van der Waals surface area contributed by atoms with E-state index in [1.54, 1.807) is 0 Å². The molecule has 0 aromatic heterocycles. The predicted octanol–water partition coefficient (Wildman–Crippen LogP) is 8.77. The van der Waals surface area contributed by atoms with Gasteiger partial charge in [-0.05, 0) is 43.9 Å². The van der Waals surface area contributed by atoms with Crippen molar-refractivity contribution < 1.29 is 24.2 Å². The van der Waals surface area contributed by atoms with Gasteiger partial charge < -0.3 is 15.2 Å². The zero-order valence-electron chi connectivity index (χ0n) is 25.8. The Morgan fingerprint density at radius 1 is 0.667 bits per heavy atom. The average Bonchev–Trinajstić information content (AvgIpc) is 2.86. The van der Waals surface area contributed by atoms with Crippen LogP contribution in [0.1, 0.15) is 156 Å². The summed E-state index contributed by atoms with van der Waals surface area (Å²) in [6, 6.07) is 0. The van der Waals surface area contributed by atoms with Gasteiger partial charge in [0.1, 0.15) is 12.6 Å². The lowest BCUT2D eigenvalue weighted by atomic mass is 10.0. The van der Waals surface area contributed by atoms with Crippen molar-refractivity contribution in [2.45, 2.75) is 162 Å². The zero-order chi connectivity index (χ0) is 29.1. The number of rotatable bonds is 27. The summed E-state index contributed by atoms with van der Waals surface area (Å²) in [5.41, 5.74) is 0. The summed E-state index contributed by atoms with van der Waals surface area (Å²) in [6.45, 7) is 8.68. The Morgan fingerprint density at radius 2 is 1.13 bits per heavy atom. The lowest BCUT2D eigenvalue weighted by molar-refractivity contribution is -0.151. The van der Waals surface area contributed by atoms with Crippen LogP contribution < -0.4 is 5.32 Å². The maximum absolute atomic E-state index is 12.4. The summed E-state index contributed by atoms with van der Waals surface area (Å²) in [4.78, 5) is 35.3. The molecule has 2 N–H and O–H groups in total. The molecule has 228 valence electrons. The molecule has 0 spiro atoms. The molecule has 0 rings (SSSR count). The van der Waals surface area contributed by atoms with E-state index >= 15 is 0 Å². The summed E-state index contributed by atoms with van der Waals surface area (Å²) < 4.78 is 5.64. The average molecular weight is 552 g/mol. The molecule has 6 nitrogen and oxygen atoms in total. The van der Waals surface area contributed by atoms with Gasteiger partial charge in [-0.1, -0.05) is 123 Å². The van der Waals surface area contributed by atoms with E-state index in [9.17, 15) is 14.4 Å². The standard InChI is InChI=1S/C33H61NO5/c1-28(2)22-18-14-10-6-5-7-13-17-21-25-33(38)39-30(26-31(35)34-27-32(36)37)24-20-16-12-9-8-11-15-19-23-29(3)4/h13,17,28-30H,5-12,14-16,18-27H2,1-4H3,(H,34,35)(H,36,37)/b17-13-. The first-order valence-electron chi connectivity index (χ1n) is 16.0. The minimum absolute atomic E-state index is 0.0158. The minimum Gasteiger partial charge on any atom is -0.480 e. The Bertz CT molecular complexity index is 644. The van der Waals surface area contributed by atoms with Crippen molar-refractivity contribution in [2.24, 2.45) is 11.8 Å². The number of amides is 1. The molecule has 0 aliphatic heterocycles. The van der Waals surface area contributed by atoms with Crippen LogP contribution >= 0.6 is 0 Å². The first-order valence-corrected chi connectivity index (χ1v) is 16.0. The molecule has 0 radical (unpaired) electrons. The number of allylic oxidation sites excluding steroid dienone is 2. The maximum Gasteiger partial charge on any atom is 0.322 e. The van der Waals surface area contributed by atoms with Crippen LogP contribution in [0, 0.1) is 11.8 Å². The number of carbonyl (C=O) groups excluding carboxylic acids is 2. The molecule has 1 atom stereocenters. The second-order valence-corrected chi connectivity index (χ2v) is 12.0. The van der Waals surface area contributed by atoms with Gasteiger partial charge in [0.25, 0.3) is 0 Å². The maximum atomic E-state index is 12.4. The van der Waals surface area contributed by atoms with Crippen LogP contribution in [0.5, 0.6) is 0 Å². The van der Waals surface area contributed by atoms with Crippen LogP contribution in [-0.2, 0) is 19.1 Å². The fourth-order valence-corrected chi connectivity index (χ4v) is 4.67. The highest BCUT2D eigenvalue weighted by atomic mass is 16.5. The molecule has 0 fully saturated rings. The van der Waals surface area contributed by atoms with E-state index in [4.69, 9.17) is 9.84 Å². The van der Waals surface area contributed by atoms with Crippen LogP contribution in [0.4, 0.5) is 0 Å². The minimum atomic E-state index is -1.08. The molecule has 1 amide bonds. The van der Waals surface area contributed by atoms with Crippen molar-refractivity contribution in [1.82, 2.24) is 5.32 Å². The number of carboxylic acid groups (broad SMARTS) is 1. The Morgan fingerprint density at radius 3 is 1.64 bits per heavy atom. The molecular formula is C33H61NO5. The van der Waals surface area contributed by atoms with Crippen LogP contribution in [-0.4, -0.2) is 35.6 Å². The zero-order valence-corrected chi connectivity index (χ0v) is 25.8. The highest BCUT2D eigenvalue weighted by Crippen LogP contribution is 2.16. The summed E-state index contributed by atoms with van der Waals surface area (Å²) in [5.74, 6) is -0.173. The lowest BCUT2D eigenvalue weighted by Crippen LogP contribution is -2.33. The van der Waals surface area contributed by atoms with E-state index in [1.165, 1.54) is 77.0 Å². The number of unbranched alkanes of at least 4 members (excludes halogenated alkanes) is 12. The Hall–Kier alpha value is -1.85. The summed E-state index contributed by atoms with van der Waals surface area (Å²) in [5, 5.41) is 11.2. The fraction of sp³-hybridized carbons (Fsp3) is 0.848. The van der Waals surface area contributed by atoms with Crippen LogP contribution in [0.15, 0.2) is 12.2 Å². The van der Waals surface area contributed by atoms with Gasteiger partial charge in [0.2, 0.25) is 5.91 Å². The number of carbonyl (C=O) groups is 3.